The van der Waals surface area contributed by atoms with E-state index in [2.05, 4.69) is 31.0 Å². The molecule has 0 amide bonds. The minimum atomic E-state index is 0.625. The van der Waals surface area contributed by atoms with Crippen LogP contribution in [0.1, 0.15) is 57.6 Å². The fourth-order valence-corrected chi connectivity index (χ4v) is 1.96. The molecular formula is C15H25NO. The number of hydrogen-bond acceptors (Lipinski definition) is 2. The highest BCUT2D eigenvalue weighted by atomic mass is 16.5. The summed E-state index contributed by atoms with van der Waals surface area (Å²) in [7, 11) is 0. The molecule has 1 aliphatic rings. The minimum Gasteiger partial charge on any atom is -0.381 e. The smallest absolute Gasteiger partial charge is 0.0472 e. The Morgan fingerprint density at radius 3 is 2.35 bits per heavy atom. The molecule has 0 bridgehead atoms. The van der Waals surface area contributed by atoms with E-state index in [1.807, 2.05) is 12.3 Å². The van der Waals surface area contributed by atoms with Gasteiger partial charge in [-0.25, -0.2) is 0 Å². The molecule has 0 spiro atoms. The largest absolute Gasteiger partial charge is 0.381 e. The van der Waals surface area contributed by atoms with Crippen LogP contribution in [0.2, 0.25) is 0 Å². The molecule has 0 saturated carbocycles. The van der Waals surface area contributed by atoms with E-state index < -0.39 is 0 Å². The topological polar surface area (TPSA) is 22.1 Å². The van der Waals surface area contributed by atoms with Crippen molar-refractivity contribution in [2.75, 3.05) is 13.2 Å². The Morgan fingerprint density at radius 1 is 1.18 bits per heavy atom. The van der Waals surface area contributed by atoms with Crippen LogP contribution in [0.25, 0.3) is 0 Å². The van der Waals surface area contributed by atoms with Gasteiger partial charge in [0.25, 0.3) is 0 Å². The van der Waals surface area contributed by atoms with Gasteiger partial charge in [-0.05, 0) is 25.0 Å². The lowest BCUT2D eigenvalue weighted by molar-refractivity contribution is 0.0845. The van der Waals surface area contributed by atoms with E-state index >= 15 is 0 Å². The normalized spacial score (nSPS) is 16.1. The van der Waals surface area contributed by atoms with Crippen LogP contribution in [0.15, 0.2) is 24.4 Å². The molecule has 1 saturated heterocycles. The number of hydrogen-bond donors (Lipinski definition) is 0. The lowest BCUT2D eigenvalue weighted by Crippen LogP contribution is -2.14. The summed E-state index contributed by atoms with van der Waals surface area (Å²) in [6, 6.07) is 6.12. The number of pyridine rings is 1. The monoisotopic (exact) mass is 235 g/mol. The maximum absolute atomic E-state index is 5.29. The molecule has 1 aliphatic heterocycles. The quantitative estimate of drug-likeness (QED) is 0.784. The van der Waals surface area contributed by atoms with Gasteiger partial charge >= 0.3 is 0 Å². The Bertz CT molecular complexity index is 266. The lowest BCUT2D eigenvalue weighted by atomic mass is 9.96. The molecule has 0 atom stereocenters. The molecule has 2 heterocycles. The highest BCUT2D eigenvalue weighted by Gasteiger charge is 2.15. The molecule has 0 radical (unpaired) electrons. The van der Waals surface area contributed by atoms with Gasteiger partial charge in [-0.15, -0.1) is 0 Å². The van der Waals surface area contributed by atoms with Crippen molar-refractivity contribution in [1.82, 2.24) is 4.98 Å². The first-order valence-corrected chi connectivity index (χ1v) is 6.87. The average molecular weight is 235 g/mol. The number of aromatic nitrogens is 1. The van der Waals surface area contributed by atoms with E-state index in [1.54, 1.807) is 0 Å². The van der Waals surface area contributed by atoms with Gasteiger partial charge in [0.15, 0.2) is 0 Å². The number of unbranched alkanes of at least 4 members (excludes halogenated alkanes) is 2. The van der Waals surface area contributed by atoms with Crippen molar-refractivity contribution in [3.05, 3.63) is 30.1 Å². The van der Waals surface area contributed by atoms with Gasteiger partial charge in [-0.3, -0.25) is 4.98 Å². The Kier molecular flexibility index (Phi) is 7.65. The van der Waals surface area contributed by atoms with E-state index in [4.69, 9.17) is 4.74 Å². The number of rotatable bonds is 3. The van der Waals surface area contributed by atoms with Crippen LogP contribution in [-0.4, -0.2) is 18.2 Å². The summed E-state index contributed by atoms with van der Waals surface area (Å²) in [6.45, 7) is 6.20. The average Bonchev–Trinajstić information content (AvgIpc) is 2.42. The third kappa shape index (κ3) is 5.83. The maximum atomic E-state index is 5.29. The van der Waals surface area contributed by atoms with Crippen molar-refractivity contribution >= 4 is 0 Å². The molecule has 2 rings (SSSR count). The first-order valence-electron chi connectivity index (χ1n) is 6.87. The van der Waals surface area contributed by atoms with E-state index in [9.17, 15) is 0 Å². The van der Waals surface area contributed by atoms with Crippen molar-refractivity contribution in [2.45, 2.75) is 51.9 Å². The van der Waals surface area contributed by atoms with Crippen LogP contribution in [0.5, 0.6) is 0 Å². The summed E-state index contributed by atoms with van der Waals surface area (Å²) < 4.78 is 5.29. The zero-order valence-electron chi connectivity index (χ0n) is 11.2. The van der Waals surface area contributed by atoms with E-state index in [1.165, 1.54) is 25.0 Å². The Labute approximate surface area is 105 Å². The van der Waals surface area contributed by atoms with Gasteiger partial charge in [-0.1, -0.05) is 39.2 Å². The van der Waals surface area contributed by atoms with Crippen molar-refractivity contribution in [3.8, 4) is 0 Å². The van der Waals surface area contributed by atoms with Crippen LogP contribution < -0.4 is 0 Å². The molecule has 2 nitrogen and oxygen atoms in total. The Morgan fingerprint density at radius 2 is 1.88 bits per heavy atom. The first kappa shape index (κ1) is 14.2. The zero-order valence-corrected chi connectivity index (χ0v) is 11.2. The van der Waals surface area contributed by atoms with Gasteiger partial charge in [0, 0.05) is 31.0 Å². The SMILES string of the molecule is CCCCC.c1ccc(C2CCOCC2)nc1. The van der Waals surface area contributed by atoms with Crippen molar-refractivity contribution in [3.63, 3.8) is 0 Å². The van der Waals surface area contributed by atoms with E-state index in [0.29, 0.717) is 5.92 Å². The van der Waals surface area contributed by atoms with Crippen LogP contribution in [-0.2, 0) is 4.74 Å². The Hall–Kier alpha value is -0.890. The molecule has 0 N–H and O–H groups in total. The van der Waals surface area contributed by atoms with Crippen molar-refractivity contribution in [2.24, 2.45) is 0 Å². The molecule has 17 heavy (non-hydrogen) atoms. The van der Waals surface area contributed by atoms with Crippen LogP contribution in [0.4, 0.5) is 0 Å². The third-order valence-corrected chi connectivity index (χ3v) is 3.03. The summed E-state index contributed by atoms with van der Waals surface area (Å²) in [4.78, 5) is 4.35. The summed E-state index contributed by atoms with van der Waals surface area (Å²) in [5.74, 6) is 0.625. The van der Waals surface area contributed by atoms with Gasteiger partial charge < -0.3 is 4.74 Å². The van der Waals surface area contributed by atoms with Crippen LogP contribution in [0.3, 0.4) is 0 Å². The zero-order chi connectivity index (χ0) is 12.3. The molecule has 0 unspecified atom stereocenters. The van der Waals surface area contributed by atoms with Gasteiger partial charge in [0.2, 0.25) is 0 Å². The molecule has 96 valence electrons. The fraction of sp³-hybridized carbons (Fsp3) is 0.667. The second-order valence-electron chi connectivity index (χ2n) is 4.49. The Balaban J connectivity index is 0.000000249. The van der Waals surface area contributed by atoms with Gasteiger partial charge in [0.1, 0.15) is 0 Å². The predicted octanol–water partition coefficient (Wildman–Crippen LogP) is 4.17. The van der Waals surface area contributed by atoms with Gasteiger partial charge in [0.05, 0.1) is 0 Å². The highest BCUT2D eigenvalue weighted by molar-refractivity contribution is 5.09. The first-order chi connectivity index (χ1) is 8.38. The minimum absolute atomic E-state index is 0.625. The molecule has 1 aromatic rings. The fourth-order valence-electron chi connectivity index (χ4n) is 1.96. The second kappa shape index (κ2) is 9.17. The summed E-state index contributed by atoms with van der Waals surface area (Å²) in [6.07, 6.45) is 8.19. The molecule has 1 fully saturated rings. The van der Waals surface area contributed by atoms with Crippen LogP contribution >= 0.6 is 0 Å². The number of nitrogens with zero attached hydrogens (tertiary/aromatic N) is 1. The molecule has 0 aliphatic carbocycles. The van der Waals surface area contributed by atoms with Gasteiger partial charge in [-0.2, -0.15) is 0 Å². The maximum Gasteiger partial charge on any atom is 0.0472 e. The third-order valence-electron chi connectivity index (χ3n) is 3.03. The summed E-state index contributed by atoms with van der Waals surface area (Å²) in [5.41, 5.74) is 1.22. The van der Waals surface area contributed by atoms with E-state index in [-0.39, 0.29) is 0 Å². The molecular weight excluding hydrogens is 210 g/mol. The predicted molar refractivity (Wildman–Crippen MR) is 72.2 cm³/mol. The molecule has 1 aromatic heterocycles. The van der Waals surface area contributed by atoms with Crippen LogP contribution in [0, 0.1) is 0 Å². The molecule has 2 heteroatoms. The summed E-state index contributed by atoms with van der Waals surface area (Å²) in [5, 5.41) is 0. The number of ether oxygens (including phenoxy) is 1. The van der Waals surface area contributed by atoms with E-state index in [0.717, 1.165) is 26.1 Å². The summed E-state index contributed by atoms with van der Waals surface area (Å²) >= 11 is 0. The standard InChI is InChI=1S/C10H13NO.C5H12/c1-2-6-11-10(3-1)9-4-7-12-8-5-9;1-3-5-4-2/h1-3,6,9H,4-5,7-8H2;3-5H2,1-2H3. The lowest BCUT2D eigenvalue weighted by Gasteiger charge is -2.21. The van der Waals surface area contributed by atoms with Crippen molar-refractivity contribution in [1.29, 1.82) is 0 Å². The second-order valence-corrected chi connectivity index (χ2v) is 4.49. The van der Waals surface area contributed by atoms with Crippen molar-refractivity contribution < 1.29 is 4.74 Å². The highest BCUT2D eigenvalue weighted by Crippen LogP contribution is 2.24. The molecule has 0 aromatic carbocycles.